The Morgan fingerprint density at radius 1 is 1.56 bits per heavy atom. The Kier molecular flexibility index (Phi) is 4.24. The zero-order valence-corrected chi connectivity index (χ0v) is 10.00. The third-order valence-corrected chi connectivity index (χ3v) is 2.25. The van der Waals surface area contributed by atoms with Gasteiger partial charge >= 0.3 is 0 Å². The van der Waals surface area contributed by atoms with E-state index in [0.717, 1.165) is 0 Å². The molecule has 0 radical (unpaired) electrons. The SMILES string of the molecule is CC(C)CC(C)(O)CNc1ccnc(F)c1. The molecule has 0 aliphatic carbocycles. The fourth-order valence-electron chi connectivity index (χ4n) is 1.76. The van der Waals surface area contributed by atoms with Gasteiger partial charge in [-0.1, -0.05) is 13.8 Å². The summed E-state index contributed by atoms with van der Waals surface area (Å²) in [7, 11) is 0. The number of halogens is 1. The van der Waals surface area contributed by atoms with Gasteiger partial charge in [-0.25, -0.2) is 4.98 Å². The molecule has 2 N–H and O–H groups in total. The fraction of sp³-hybridized carbons (Fsp3) is 0.583. The highest BCUT2D eigenvalue weighted by Gasteiger charge is 2.21. The molecule has 0 fully saturated rings. The summed E-state index contributed by atoms with van der Waals surface area (Å²) in [5.74, 6) is -0.0977. The molecule has 0 amide bonds. The maximum atomic E-state index is 12.8. The Hall–Kier alpha value is -1.16. The van der Waals surface area contributed by atoms with Crippen LogP contribution < -0.4 is 5.32 Å². The standard InChI is InChI=1S/C12H19FN2O/c1-9(2)7-12(3,16)8-15-10-4-5-14-11(13)6-10/h4-6,9,16H,7-8H2,1-3H3,(H,14,15). The lowest BCUT2D eigenvalue weighted by molar-refractivity contribution is 0.0515. The molecule has 0 saturated carbocycles. The van der Waals surface area contributed by atoms with Crippen molar-refractivity contribution in [3.05, 3.63) is 24.3 Å². The minimum atomic E-state index is -0.784. The lowest BCUT2D eigenvalue weighted by Gasteiger charge is -2.26. The molecule has 0 bridgehead atoms. The quantitative estimate of drug-likeness (QED) is 0.758. The number of hydrogen-bond acceptors (Lipinski definition) is 3. The van der Waals surface area contributed by atoms with Crippen LogP contribution in [0.2, 0.25) is 0 Å². The Bertz CT molecular complexity index is 340. The van der Waals surface area contributed by atoms with E-state index in [-0.39, 0.29) is 0 Å². The molecule has 0 spiro atoms. The first kappa shape index (κ1) is 12.9. The highest BCUT2D eigenvalue weighted by Crippen LogP contribution is 2.17. The molecule has 1 heterocycles. The Morgan fingerprint density at radius 3 is 2.81 bits per heavy atom. The van der Waals surface area contributed by atoms with E-state index in [1.54, 1.807) is 13.0 Å². The van der Waals surface area contributed by atoms with E-state index >= 15 is 0 Å². The third kappa shape index (κ3) is 4.57. The molecule has 0 aromatic carbocycles. The van der Waals surface area contributed by atoms with Crippen LogP contribution in [-0.2, 0) is 0 Å². The zero-order chi connectivity index (χ0) is 12.2. The summed E-state index contributed by atoms with van der Waals surface area (Å²) in [6, 6.07) is 2.99. The number of rotatable bonds is 5. The topological polar surface area (TPSA) is 45.1 Å². The molecule has 16 heavy (non-hydrogen) atoms. The van der Waals surface area contributed by atoms with E-state index in [2.05, 4.69) is 24.1 Å². The molecule has 3 nitrogen and oxygen atoms in total. The summed E-state index contributed by atoms with van der Waals surface area (Å²) in [6.07, 6.45) is 2.10. The van der Waals surface area contributed by atoms with Crippen LogP contribution >= 0.6 is 0 Å². The lowest BCUT2D eigenvalue weighted by Crippen LogP contribution is -2.34. The number of anilines is 1. The van der Waals surface area contributed by atoms with Crippen molar-refractivity contribution in [1.29, 1.82) is 0 Å². The number of hydrogen-bond donors (Lipinski definition) is 2. The van der Waals surface area contributed by atoms with Gasteiger partial charge in [0.15, 0.2) is 0 Å². The van der Waals surface area contributed by atoms with Gasteiger partial charge < -0.3 is 10.4 Å². The predicted molar refractivity (Wildman–Crippen MR) is 62.8 cm³/mol. The first-order valence-corrected chi connectivity index (χ1v) is 5.47. The van der Waals surface area contributed by atoms with Crippen LogP contribution in [0, 0.1) is 11.9 Å². The molecule has 90 valence electrons. The van der Waals surface area contributed by atoms with Crippen molar-refractivity contribution >= 4 is 5.69 Å². The van der Waals surface area contributed by atoms with E-state index in [0.29, 0.717) is 24.6 Å². The number of nitrogens with one attached hydrogen (secondary N) is 1. The van der Waals surface area contributed by atoms with Crippen molar-refractivity contribution in [1.82, 2.24) is 4.98 Å². The van der Waals surface area contributed by atoms with Gasteiger partial charge in [-0.15, -0.1) is 0 Å². The molecule has 1 atom stereocenters. The third-order valence-electron chi connectivity index (χ3n) is 2.25. The largest absolute Gasteiger partial charge is 0.388 e. The predicted octanol–water partition coefficient (Wildman–Crippen LogP) is 2.43. The van der Waals surface area contributed by atoms with Crippen LogP contribution in [0.5, 0.6) is 0 Å². The molecule has 0 aliphatic rings. The van der Waals surface area contributed by atoms with E-state index in [9.17, 15) is 9.50 Å². The first-order chi connectivity index (χ1) is 7.39. The van der Waals surface area contributed by atoms with Gasteiger partial charge in [0.05, 0.1) is 5.60 Å². The molecular weight excluding hydrogens is 207 g/mol. The Balaban J connectivity index is 2.50. The number of aliphatic hydroxyl groups is 1. The Morgan fingerprint density at radius 2 is 2.25 bits per heavy atom. The summed E-state index contributed by atoms with van der Waals surface area (Å²) < 4.78 is 12.8. The summed E-state index contributed by atoms with van der Waals surface area (Å²) in [5.41, 5.74) is -0.148. The minimum Gasteiger partial charge on any atom is -0.388 e. The van der Waals surface area contributed by atoms with Crippen LogP contribution in [0.15, 0.2) is 18.3 Å². The maximum absolute atomic E-state index is 12.8. The van der Waals surface area contributed by atoms with Crippen LogP contribution in [0.25, 0.3) is 0 Å². The fourth-order valence-corrected chi connectivity index (χ4v) is 1.76. The molecule has 0 saturated heterocycles. The molecule has 1 rings (SSSR count). The van der Waals surface area contributed by atoms with E-state index in [4.69, 9.17) is 0 Å². The molecule has 1 aromatic rings. The molecule has 0 aliphatic heterocycles. The van der Waals surface area contributed by atoms with Crippen molar-refractivity contribution in [2.75, 3.05) is 11.9 Å². The van der Waals surface area contributed by atoms with Gasteiger partial charge in [-0.3, -0.25) is 0 Å². The number of aromatic nitrogens is 1. The summed E-state index contributed by atoms with van der Waals surface area (Å²) in [4.78, 5) is 3.46. The van der Waals surface area contributed by atoms with E-state index in [1.807, 2.05) is 0 Å². The second-order valence-electron chi connectivity index (χ2n) is 4.82. The van der Waals surface area contributed by atoms with E-state index < -0.39 is 11.5 Å². The smallest absolute Gasteiger partial charge is 0.214 e. The van der Waals surface area contributed by atoms with Crippen molar-refractivity contribution < 1.29 is 9.50 Å². The zero-order valence-electron chi connectivity index (χ0n) is 10.00. The summed E-state index contributed by atoms with van der Waals surface area (Å²) >= 11 is 0. The summed E-state index contributed by atoms with van der Waals surface area (Å²) in [6.45, 7) is 6.29. The summed E-state index contributed by atoms with van der Waals surface area (Å²) in [5, 5.41) is 13.0. The highest BCUT2D eigenvalue weighted by atomic mass is 19.1. The van der Waals surface area contributed by atoms with Crippen molar-refractivity contribution in [2.45, 2.75) is 32.8 Å². The number of pyridine rings is 1. The Labute approximate surface area is 95.7 Å². The molecule has 4 heteroatoms. The monoisotopic (exact) mass is 226 g/mol. The molecule has 1 unspecified atom stereocenters. The van der Waals surface area contributed by atoms with Gasteiger partial charge in [0.2, 0.25) is 5.95 Å². The second-order valence-corrected chi connectivity index (χ2v) is 4.82. The minimum absolute atomic E-state index is 0.397. The van der Waals surface area contributed by atoms with Crippen molar-refractivity contribution in [3.63, 3.8) is 0 Å². The van der Waals surface area contributed by atoms with Gasteiger partial charge in [0.1, 0.15) is 0 Å². The van der Waals surface area contributed by atoms with Gasteiger partial charge in [0, 0.05) is 24.5 Å². The van der Waals surface area contributed by atoms with Crippen LogP contribution in [-0.4, -0.2) is 22.2 Å². The molecule has 1 aromatic heterocycles. The van der Waals surface area contributed by atoms with Crippen LogP contribution in [0.1, 0.15) is 27.2 Å². The van der Waals surface area contributed by atoms with Crippen molar-refractivity contribution in [3.8, 4) is 0 Å². The maximum Gasteiger partial charge on any atom is 0.214 e. The normalized spacial score (nSPS) is 14.9. The second kappa shape index (κ2) is 5.25. The molecular formula is C12H19FN2O. The van der Waals surface area contributed by atoms with Crippen LogP contribution in [0.3, 0.4) is 0 Å². The highest BCUT2D eigenvalue weighted by molar-refractivity contribution is 5.41. The van der Waals surface area contributed by atoms with Crippen LogP contribution in [0.4, 0.5) is 10.1 Å². The first-order valence-electron chi connectivity index (χ1n) is 5.47. The van der Waals surface area contributed by atoms with Crippen molar-refractivity contribution in [2.24, 2.45) is 5.92 Å². The average molecular weight is 226 g/mol. The van der Waals surface area contributed by atoms with Gasteiger partial charge in [-0.2, -0.15) is 4.39 Å². The van der Waals surface area contributed by atoms with Gasteiger partial charge in [-0.05, 0) is 25.3 Å². The van der Waals surface area contributed by atoms with Gasteiger partial charge in [0.25, 0.3) is 0 Å². The number of nitrogens with zero attached hydrogens (tertiary/aromatic N) is 1. The average Bonchev–Trinajstić information content (AvgIpc) is 2.13. The van der Waals surface area contributed by atoms with E-state index in [1.165, 1.54) is 12.3 Å². The lowest BCUT2D eigenvalue weighted by atomic mass is 9.94.